The maximum absolute atomic E-state index is 13.7. The summed E-state index contributed by atoms with van der Waals surface area (Å²) in [6.45, 7) is -0.868. The smallest absolute Gasteiger partial charge is 0.418 e. The summed E-state index contributed by atoms with van der Waals surface area (Å²) in [7, 11) is 1.49. The average Bonchev–Trinajstić information content (AvgIpc) is 3.62. The van der Waals surface area contributed by atoms with Crippen molar-refractivity contribution in [3.63, 3.8) is 0 Å². The highest BCUT2D eigenvalue weighted by Gasteiger charge is 2.61. The van der Waals surface area contributed by atoms with E-state index >= 15 is 0 Å². The molecule has 2 aliphatic rings. The molecule has 1 fully saturated rings. The fraction of sp³-hybridized carbons (Fsp3) is 0.345. The number of imide groups is 1. The predicted octanol–water partition coefficient (Wildman–Crippen LogP) is 3.03. The highest BCUT2D eigenvalue weighted by atomic mass is 19.4. The van der Waals surface area contributed by atoms with Gasteiger partial charge in [0.2, 0.25) is 17.4 Å². The summed E-state index contributed by atoms with van der Waals surface area (Å²) in [4.78, 5) is 52.3. The van der Waals surface area contributed by atoms with Gasteiger partial charge in [-0.1, -0.05) is 24.3 Å². The van der Waals surface area contributed by atoms with Crippen LogP contribution in [0.15, 0.2) is 54.9 Å². The SMILES string of the molecule is CNC(=O)Cn1cc(-c2ccc3c(c2)[C@@H](O)C[C@@]32OC(=O)N(CC(=O)N(Cc3ccc(F)cc3)[C@@H](C)C(F)(F)F)C2=O)cn1. The van der Waals surface area contributed by atoms with Crippen LogP contribution in [0.25, 0.3) is 11.1 Å². The first kappa shape index (κ1) is 30.7. The van der Waals surface area contributed by atoms with Crippen molar-refractivity contribution in [1.29, 1.82) is 0 Å². The number of likely N-dealkylation sites (N-methyl/N-ethyl adjacent to an activating group) is 1. The normalized spacial score (nSPS) is 20.1. The zero-order chi connectivity index (χ0) is 32.0. The maximum atomic E-state index is 13.7. The van der Waals surface area contributed by atoms with Crippen LogP contribution in [0, 0.1) is 5.82 Å². The first-order chi connectivity index (χ1) is 20.7. The Morgan fingerprint density at radius 3 is 2.52 bits per heavy atom. The summed E-state index contributed by atoms with van der Waals surface area (Å²) in [6.07, 6.45) is -4.58. The molecule has 0 unspecified atom stereocenters. The van der Waals surface area contributed by atoms with Crippen molar-refractivity contribution >= 4 is 23.8 Å². The van der Waals surface area contributed by atoms with Crippen LogP contribution in [0.2, 0.25) is 0 Å². The lowest BCUT2D eigenvalue weighted by Crippen LogP contribution is -2.51. The number of ether oxygens (including phenoxy) is 1. The molecular formula is C29H27F4N5O6. The van der Waals surface area contributed by atoms with E-state index in [4.69, 9.17) is 4.74 Å². The third-order valence-electron chi connectivity index (χ3n) is 7.77. The summed E-state index contributed by atoms with van der Waals surface area (Å²) in [5, 5.41) is 17.5. The van der Waals surface area contributed by atoms with Crippen LogP contribution in [-0.4, -0.2) is 74.3 Å². The second kappa shape index (κ2) is 11.4. The van der Waals surface area contributed by atoms with E-state index in [0.717, 1.165) is 19.1 Å². The van der Waals surface area contributed by atoms with Crippen molar-refractivity contribution in [2.75, 3.05) is 13.6 Å². The lowest BCUT2D eigenvalue weighted by molar-refractivity contribution is -0.187. The van der Waals surface area contributed by atoms with E-state index in [1.807, 2.05) is 0 Å². The minimum absolute atomic E-state index is 0.0186. The number of hydrogen-bond acceptors (Lipinski definition) is 7. The quantitative estimate of drug-likeness (QED) is 0.371. The molecule has 0 bridgehead atoms. The number of alkyl halides is 3. The standard InChI is InChI=1S/C29H27F4N5O6/c1-16(29(31,32)33)37(12-17-3-6-20(30)7-4-17)25(41)15-38-26(42)28(44-27(38)43)10-23(39)21-9-18(5-8-22(21)28)19-11-35-36(13-19)14-24(40)34-2/h3-9,11,13,16,23,39H,10,12,14-15H2,1-2H3,(H,34,40)/t16-,23-,28+/m0/s1. The monoisotopic (exact) mass is 617 g/mol. The van der Waals surface area contributed by atoms with E-state index in [2.05, 4.69) is 10.4 Å². The van der Waals surface area contributed by atoms with E-state index in [1.165, 1.54) is 36.1 Å². The molecule has 1 aromatic heterocycles. The van der Waals surface area contributed by atoms with E-state index < -0.39 is 60.7 Å². The molecule has 0 radical (unpaired) electrons. The number of hydrogen-bond donors (Lipinski definition) is 2. The number of rotatable bonds is 8. The minimum atomic E-state index is -4.84. The lowest BCUT2D eigenvalue weighted by Gasteiger charge is -2.31. The van der Waals surface area contributed by atoms with Gasteiger partial charge < -0.3 is 20.1 Å². The number of amides is 4. The van der Waals surface area contributed by atoms with Crippen LogP contribution < -0.4 is 5.32 Å². The Morgan fingerprint density at radius 1 is 1.16 bits per heavy atom. The zero-order valence-electron chi connectivity index (χ0n) is 23.5. The van der Waals surface area contributed by atoms with Crippen LogP contribution in [0.1, 0.15) is 36.1 Å². The Kier molecular flexibility index (Phi) is 7.92. The first-order valence-corrected chi connectivity index (χ1v) is 13.4. The van der Waals surface area contributed by atoms with Gasteiger partial charge in [0, 0.05) is 37.3 Å². The molecule has 1 spiro atoms. The molecular weight excluding hydrogens is 590 g/mol. The molecule has 3 aromatic rings. The van der Waals surface area contributed by atoms with Gasteiger partial charge in [0.1, 0.15) is 24.9 Å². The molecule has 4 amide bonds. The molecule has 11 nitrogen and oxygen atoms in total. The highest BCUT2D eigenvalue weighted by Crippen LogP contribution is 2.50. The number of fused-ring (bicyclic) bond motifs is 2. The van der Waals surface area contributed by atoms with Gasteiger partial charge in [0.15, 0.2) is 0 Å². The van der Waals surface area contributed by atoms with Crippen LogP contribution >= 0.6 is 0 Å². The molecule has 1 aliphatic carbocycles. The average molecular weight is 618 g/mol. The molecule has 44 heavy (non-hydrogen) atoms. The zero-order valence-corrected chi connectivity index (χ0v) is 23.5. The second-order valence-electron chi connectivity index (χ2n) is 10.6. The summed E-state index contributed by atoms with van der Waals surface area (Å²) in [6, 6.07) is 6.89. The summed E-state index contributed by atoms with van der Waals surface area (Å²) >= 11 is 0. The van der Waals surface area contributed by atoms with Gasteiger partial charge in [-0.05, 0) is 41.8 Å². The Balaban J connectivity index is 1.39. The third-order valence-corrected chi connectivity index (χ3v) is 7.77. The number of aliphatic hydroxyl groups is 1. The largest absolute Gasteiger partial charge is 0.427 e. The summed E-state index contributed by atoms with van der Waals surface area (Å²) in [5.74, 6) is -3.07. The van der Waals surface area contributed by atoms with Crippen molar-refractivity contribution < 1.29 is 46.6 Å². The number of nitrogens with zero attached hydrogens (tertiary/aromatic N) is 4. The molecule has 232 valence electrons. The molecule has 2 N–H and O–H groups in total. The van der Waals surface area contributed by atoms with Gasteiger partial charge in [-0.3, -0.25) is 19.1 Å². The van der Waals surface area contributed by atoms with E-state index in [-0.39, 0.29) is 35.6 Å². The number of carbonyl (C=O) groups is 4. The molecule has 1 saturated heterocycles. The van der Waals surface area contributed by atoms with Crippen LogP contribution in [-0.2, 0) is 37.8 Å². The van der Waals surface area contributed by atoms with Crippen LogP contribution in [0.4, 0.5) is 22.4 Å². The van der Waals surface area contributed by atoms with Crippen molar-refractivity contribution in [2.45, 2.75) is 50.4 Å². The Bertz CT molecular complexity index is 1620. The Labute approximate surface area is 248 Å². The number of halogens is 4. The molecule has 2 heterocycles. The van der Waals surface area contributed by atoms with Gasteiger partial charge in [0.25, 0.3) is 5.91 Å². The molecule has 0 saturated carbocycles. The lowest BCUT2D eigenvalue weighted by atomic mass is 9.93. The van der Waals surface area contributed by atoms with E-state index in [9.17, 15) is 41.8 Å². The van der Waals surface area contributed by atoms with Crippen molar-refractivity contribution in [2.24, 2.45) is 0 Å². The third kappa shape index (κ3) is 5.62. The van der Waals surface area contributed by atoms with Gasteiger partial charge in [-0.25, -0.2) is 14.1 Å². The summed E-state index contributed by atoms with van der Waals surface area (Å²) in [5.41, 5.74) is -0.140. The number of benzene rings is 2. The molecule has 1 aliphatic heterocycles. The van der Waals surface area contributed by atoms with Crippen LogP contribution in [0.3, 0.4) is 0 Å². The van der Waals surface area contributed by atoms with Crippen molar-refractivity contribution in [3.05, 3.63) is 77.4 Å². The van der Waals surface area contributed by atoms with Gasteiger partial charge in [-0.15, -0.1) is 0 Å². The minimum Gasteiger partial charge on any atom is -0.427 e. The number of nitrogens with one attached hydrogen (secondary N) is 1. The Morgan fingerprint density at radius 2 is 1.86 bits per heavy atom. The highest BCUT2D eigenvalue weighted by molar-refractivity contribution is 6.06. The fourth-order valence-electron chi connectivity index (χ4n) is 5.32. The number of carbonyl (C=O) groups excluding carboxylic acids is 4. The van der Waals surface area contributed by atoms with E-state index in [0.29, 0.717) is 20.9 Å². The molecule has 3 atom stereocenters. The Hall–Kier alpha value is -4.79. The predicted molar refractivity (Wildman–Crippen MR) is 144 cm³/mol. The van der Waals surface area contributed by atoms with Gasteiger partial charge in [-0.2, -0.15) is 18.3 Å². The number of aromatic nitrogens is 2. The number of aliphatic hydroxyl groups excluding tert-OH is 1. The molecule has 15 heteroatoms. The molecule has 2 aromatic carbocycles. The van der Waals surface area contributed by atoms with Crippen LogP contribution in [0.5, 0.6) is 0 Å². The fourth-order valence-corrected chi connectivity index (χ4v) is 5.32. The first-order valence-electron chi connectivity index (χ1n) is 13.4. The maximum Gasteiger partial charge on any atom is 0.418 e. The van der Waals surface area contributed by atoms with E-state index in [1.54, 1.807) is 18.3 Å². The van der Waals surface area contributed by atoms with Gasteiger partial charge in [0.05, 0.1) is 12.3 Å². The summed E-state index contributed by atoms with van der Waals surface area (Å²) < 4.78 is 61.3. The van der Waals surface area contributed by atoms with Gasteiger partial charge >= 0.3 is 12.3 Å². The second-order valence-corrected chi connectivity index (χ2v) is 10.6. The molecule has 5 rings (SSSR count). The van der Waals surface area contributed by atoms with Crippen molar-refractivity contribution in [3.8, 4) is 11.1 Å². The topological polar surface area (TPSA) is 134 Å². The van der Waals surface area contributed by atoms with Crippen molar-refractivity contribution in [1.82, 2.24) is 24.9 Å².